The fraction of sp³-hybridized carbons (Fsp3) is 0.586. The second-order valence-corrected chi connectivity index (χ2v) is 12.6. The monoisotopic (exact) mass is 539 g/mol. The summed E-state index contributed by atoms with van der Waals surface area (Å²) in [7, 11) is 0. The fourth-order valence-corrected chi connectivity index (χ4v) is 6.08. The molecule has 8 nitrogen and oxygen atoms in total. The van der Waals surface area contributed by atoms with Gasteiger partial charge in [-0.3, -0.25) is 4.79 Å². The molecule has 0 aromatic carbocycles. The molecular weight excluding hydrogens is 502 g/mol. The smallest absolute Gasteiger partial charge is 0.348 e. The van der Waals surface area contributed by atoms with Crippen LogP contribution >= 0.6 is 11.3 Å². The van der Waals surface area contributed by atoms with Gasteiger partial charge >= 0.3 is 11.7 Å². The summed E-state index contributed by atoms with van der Waals surface area (Å²) in [6.07, 6.45) is 7.73. The van der Waals surface area contributed by atoms with Gasteiger partial charge in [-0.05, 0) is 84.1 Å². The Hall–Kier alpha value is -3.12. The van der Waals surface area contributed by atoms with Gasteiger partial charge in [-0.25, -0.2) is 9.59 Å². The van der Waals surface area contributed by atoms with Gasteiger partial charge in [-0.1, -0.05) is 18.8 Å². The first-order valence-electron chi connectivity index (χ1n) is 13.5. The lowest BCUT2D eigenvalue weighted by Gasteiger charge is -2.39. The van der Waals surface area contributed by atoms with Crippen LogP contribution in [0, 0.1) is 29.1 Å². The lowest BCUT2D eigenvalue weighted by molar-refractivity contribution is -0.124. The molecule has 2 aliphatic rings. The van der Waals surface area contributed by atoms with Gasteiger partial charge in [0, 0.05) is 29.6 Å². The Labute approximate surface area is 227 Å². The van der Waals surface area contributed by atoms with Crippen LogP contribution < -0.4 is 15.3 Å². The number of aromatic nitrogens is 2. The van der Waals surface area contributed by atoms with Gasteiger partial charge in [0.15, 0.2) is 0 Å². The number of nitrogens with one attached hydrogen (secondary N) is 1. The molecule has 2 aromatic rings. The minimum atomic E-state index is -1.04. The first kappa shape index (κ1) is 27.9. The molecule has 0 unspecified atom stereocenters. The molecule has 1 amide bonds. The molecule has 0 bridgehead atoms. The van der Waals surface area contributed by atoms with Crippen LogP contribution in [0.25, 0.3) is 0 Å². The van der Waals surface area contributed by atoms with Crippen LogP contribution in [0.1, 0.15) is 93.6 Å². The van der Waals surface area contributed by atoms with E-state index in [1.54, 1.807) is 17.0 Å². The summed E-state index contributed by atoms with van der Waals surface area (Å²) < 4.78 is 5.94. The zero-order valence-electron chi connectivity index (χ0n) is 22.6. The third-order valence-electron chi connectivity index (χ3n) is 7.27. The van der Waals surface area contributed by atoms with Gasteiger partial charge in [-0.15, -0.1) is 11.3 Å². The highest BCUT2D eigenvalue weighted by atomic mass is 32.1. The summed E-state index contributed by atoms with van der Waals surface area (Å²) >= 11 is 1.14. The molecule has 38 heavy (non-hydrogen) atoms. The highest BCUT2D eigenvalue weighted by molar-refractivity contribution is 7.15. The van der Waals surface area contributed by atoms with E-state index >= 15 is 0 Å². The van der Waals surface area contributed by atoms with Crippen molar-refractivity contribution in [1.82, 2.24) is 9.97 Å². The molecule has 2 fully saturated rings. The van der Waals surface area contributed by atoms with Crippen LogP contribution in [0.2, 0.25) is 0 Å². The Morgan fingerprint density at radius 3 is 2.42 bits per heavy atom. The number of hydrogen-bond donors (Lipinski definition) is 2. The SMILES string of the molecule is CC(C)(C)C#Cc1cc(N(C(=O)[C@H]2CC[C@H](C)CC2)[C@H]2CC[C@H](Oc3cc[nH]c(=O)n3)CC2)c(C(=O)O)s1. The largest absolute Gasteiger partial charge is 0.477 e. The number of carboxylic acids is 1. The second-order valence-electron chi connectivity index (χ2n) is 11.6. The van der Waals surface area contributed by atoms with E-state index in [9.17, 15) is 19.5 Å². The molecule has 2 N–H and O–H groups in total. The Kier molecular flexibility index (Phi) is 8.61. The van der Waals surface area contributed by atoms with Gasteiger partial charge in [-0.2, -0.15) is 4.98 Å². The van der Waals surface area contributed by atoms with Crippen molar-refractivity contribution in [3.63, 3.8) is 0 Å². The maximum Gasteiger partial charge on any atom is 0.348 e. The van der Waals surface area contributed by atoms with Crippen LogP contribution in [-0.4, -0.2) is 39.1 Å². The standard InChI is InChI=1S/C29H37N3O5S/c1-18-5-7-19(8-6-18)26(33)32(23-17-22(13-15-29(2,3)4)38-25(23)27(34)35)20-9-11-21(12-10-20)37-24-14-16-30-28(36)31-24/h14,16-21H,5-12H2,1-4H3,(H,34,35)(H,30,31,36)/t18-,19-,20-,21-. The summed E-state index contributed by atoms with van der Waals surface area (Å²) in [6.45, 7) is 8.24. The van der Waals surface area contributed by atoms with Crippen LogP contribution in [0.3, 0.4) is 0 Å². The van der Waals surface area contributed by atoms with Gasteiger partial charge < -0.3 is 19.7 Å². The predicted octanol–water partition coefficient (Wildman–Crippen LogP) is 5.48. The van der Waals surface area contributed by atoms with E-state index in [0.717, 1.165) is 37.0 Å². The second kappa shape index (κ2) is 11.7. The van der Waals surface area contributed by atoms with Crippen molar-refractivity contribution < 1.29 is 19.4 Å². The van der Waals surface area contributed by atoms with E-state index in [1.807, 2.05) is 20.8 Å². The van der Waals surface area contributed by atoms with E-state index < -0.39 is 11.7 Å². The summed E-state index contributed by atoms with van der Waals surface area (Å²) in [5.74, 6) is 6.08. The number of aromatic amines is 1. The van der Waals surface area contributed by atoms with Crippen molar-refractivity contribution in [2.45, 2.75) is 91.2 Å². The summed E-state index contributed by atoms with van der Waals surface area (Å²) in [5, 5.41) is 10.1. The van der Waals surface area contributed by atoms with Crippen LogP contribution in [0.4, 0.5) is 5.69 Å². The van der Waals surface area contributed by atoms with Crippen LogP contribution in [0.15, 0.2) is 23.1 Å². The predicted molar refractivity (Wildman–Crippen MR) is 148 cm³/mol. The fourth-order valence-electron chi connectivity index (χ4n) is 5.23. The Balaban J connectivity index is 1.61. The number of thiophene rings is 1. The first-order chi connectivity index (χ1) is 18.0. The lowest BCUT2D eigenvalue weighted by atomic mass is 9.81. The molecule has 204 valence electrons. The minimum absolute atomic E-state index is 0.0214. The van der Waals surface area contributed by atoms with E-state index in [2.05, 4.69) is 28.7 Å². The molecule has 0 spiro atoms. The number of carbonyl (C=O) groups is 2. The highest BCUT2D eigenvalue weighted by Crippen LogP contribution is 2.39. The molecule has 0 radical (unpaired) electrons. The van der Waals surface area contributed by atoms with E-state index in [-0.39, 0.29) is 40.1 Å². The van der Waals surface area contributed by atoms with Gasteiger partial charge in [0.25, 0.3) is 0 Å². The molecule has 2 aromatic heterocycles. The Bertz CT molecular complexity index is 1270. The number of ether oxygens (including phenoxy) is 1. The summed E-state index contributed by atoms with van der Waals surface area (Å²) in [4.78, 5) is 46.8. The topological polar surface area (TPSA) is 113 Å². The number of amides is 1. The van der Waals surface area contributed by atoms with Gasteiger partial charge in [0.05, 0.1) is 10.6 Å². The van der Waals surface area contributed by atoms with Crippen LogP contribution in [0.5, 0.6) is 5.88 Å². The molecule has 0 saturated heterocycles. The number of aromatic carboxylic acids is 1. The van der Waals surface area contributed by atoms with Crippen molar-refractivity contribution >= 4 is 28.9 Å². The molecular formula is C29H37N3O5S. The average Bonchev–Trinajstić information content (AvgIpc) is 3.28. The number of nitrogens with zero attached hydrogens (tertiary/aromatic N) is 2. The van der Waals surface area contributed by atoms with Crippen molar-refractivity contribution in [2.75, 3.05) is 4.90 Å². The van der Waals surface area contributed by atoms with E-state index in [1.165, 1.54) is 6.20 Å². The highest BCUT2D eigenvalue weighted by Gasteiger charge is 2.38. The van der Waals surface area contributed by atoms with Crippen LogP contribution in [-0.2, 0) is 4.79 Å². The third kappa shape index (κ3) is 7.04. The number of carboxylic acid groups (broad SMARTS) is 1. The maximum absolute atomic E-state index is 14.0. The van der Waals surface area contributed by atoms with Crippen molar-refractivity contribution in [1.29, 1.82) is 0 Å². The molecule has 2 saturated carbocycles. The third-order valence-corrected chi connectivity index (χ3v) is 8.30. The molecule has 2 aliphatic carbocycles. The number of H-pyrrole nitrogens is 1. The summed E-state index contributed by atoms with van der Waals surface area (Å²) in [6, 6.07) is 3.28. The zero-order chi connectivity index (χ0) is 27.4. The average molecular weight is 540 g/mol. The molecule has 9 heteroatoms. The maximum atomic E-state index is 14.0. The Morgan fingerprint density at radius 2 is 1.82 bits per heavy atom. The number of hydrogen-bond acceptors (Lipinski definition) is 6. The van der Waals surface area contributed by atoms with E-state index in [0.29, 0.717) is 42.2 Å². The number of carbonyl (C=O) groups excluding carboxylic acids is 1. The normalized spacial score (nSPS) is 23.7. The zero-order valence-corrected chi connectivity index (χ0v) is 23.4. The molecule has 4 rings (SSSR count). The van der Waals surface area contributed by atoms with E-state index in [4.69, 9.17) is 4.74 Å². The number of rotatable bonds is 6. The molecule has 0 aliphatic heterocycles. The lowest BCUT2D eigenvalue weighted by Crippen LogP contribution is -2.47. The van der Waals surface area contributed by atoms with Gasteiger partial charge in [0.1, 0.15) is 11.0 Å². The quantitative estimate of drug-likeness (QED) is 0.470. The minimum Gasteiger partial charge on any atom is -0.477 e. The van der Waals surface area contributed by atoms with Crippen molar-refractivity contribution in [3.05, 3.63) is 38.6 Å². The molecule has 2 heterocycles. The number of anilines is 1. The van der Waals surface area contributed by atoms with Crippen molar-refractivity contribution in [3.8, 4) is 17.7 Å². The summed E-state index contributed by atoms with van der Waals surface area (Å²) in [5.41, 5.74) is -0.220. The first-order valence-corrected chi connectivity index (χ1v) is 14.3. The van der Waals surface area contributed by atoms with Gasteiger partial charge in [0.2, 0.25) is 11.8 Å². The molecule has 0 atom stereocenters. The van der Waals surface area contributed by atoms with Crippen molar-refractivity contribution in [2.24, 2.45) is 17.3 Å². The Morgan fingerprint density at radius 1 is 1.13 bits per heavy atom.